The molecule has 0 aliphatic carbocycles. The minimum atomic E-state index is 0.400. The predicted molar refractivity (Wildman–Crippen MR) is 43.8 cm³/mol. The maximum Gasteiger partial charge on any atom is 0.0336 e. The first kappa shape index (κ1) is 9.29. The van der Waals surface area contributed by atoms with Crippen molar-refractivity contribution in [3.05, 3.63) is 6.92 Å². The zero-order chi connectivity index (χ0) is 7.11. The van der Waals surface area contributed by atoms with Crippen LogP contribution in [0.4, 0.5) is 0 Å². The van der Waals surface area contributed by atoms with E-state index in [0.717, 1.165) is 19.3 Å². The van der Waals surface area contributed by atoms with E-state index >= 15 is 0 Å². The molecule has 0 aromatic carbocycles. The van der Waals surface area contributed by atoms with Crippen LogP contribution in [-0.4, -0.2) is 5.38 Å². The molecule has 0 nitrogen and oxygen atoms in total. The van der Waals surface area contributed by atoms with Crippen LogP contribution in [0, 0.1) is 6.92 Å². The number of unbranched alkanes of at least 4 members (excludes halogenated alkanes) is 1. The highest BCUT2D eigenvalue weighted by atomic mass is 35.5. The Kier molecular flexibility index (Phi) is 6.62. The lowest BCUT2D eigenvalue weighted by Gasteiger charge is -2.04. The fourth-order valence-electron chi connectivity index (χ4n) is 0.823. The van der Waals surface area contributed by atoms with E-state index in [1.165, 1.54) is 12.8 Å². The van der Waals surface area contributed by atoms with Crippen molar-refractivity contribution < 1.29 is 0 Å². The smallest absolute Gasteiger partial charge is 0.0336 e. The molecule has 0 saturated heterocycles. The lowest BCUT2D eigenvalue weighted by Crippen LogP contribution is -1.96. The molecular formula is C8H16Cl. The summed E-state index contributed by atoms with van der Waals surface area (Å²) in [6.07, 6.45) is 5.69. The van der Waals surface area contributed by atoms with Gasteiger partial charge in [0.15, 0.2) is 0 Å². The number of hydrogen-bond acceptors (Lipinski definition) is 0. The second-order valence-corrected chi connectivity index (χ2v) is 3.00. The van der Waals surface area contributed by atoms with Gasteiger partial charge >= 0.3 is 0 Å². The molecule has 0 amide bonds. The van der Waals surface area contributed by atoms with Gasteiger partial charge in [0.05, 0.1) is 0 Å². The first-order chi connectivity index (χ1) is 4.31. The van der Waals surface area contributed by atoms with Crippen LogP contribution in [0.3, 0.4) is 0 Å². The van der Waals surface area contributed by atoms with Crippen molar-refractivity contribution in [1.82, 2.24) is 0 Å². The summed E-state index contributed by atoms with van der Waals surface area (Å²) < 4.78 is 0. The van der Waals surface area contributed by atoms with Gasteiger partial charge in [-0.05, 0) is 12.8 Å². The van der Waals surface area contributed by atoms with Gasteiger partial charge in [0.2, 0.25) is 0 Å². The molecule has 0 fully saturated rings. The first-order valence-electron chi connectivity index (χ1n) is 3.74. The average molecular weight is 148 g/mol. The van der Waals surface area contributed by atoms with Crippen molar-refractivity contribution in [1.29, 1.82) is 0 Å². The summed E-state index contributed by atoms with van der Waals surface area (Å²) in [6.45, 7) is 5.93. The van der Waals surface area contributed by atoms with Crippen molar-refractivity contribution in [2.24, 2.45) is 0 Å². The quantitative estimate of drug-likeness (QED) is 0.523. The van der Waals surface area contributed by atoms with Crippen molar-refractivity contribution in [2.45, 2.75) is 44.4 Å². The van der Waals surface area contributed by atoms with Crippen LogP contribution in [0.2, 0.25) is 0 Å². The summed E-state index contributed by atoms with van der Waals surface area (Å²) in [7, 11) is 0. The Balaban J connectivity index is 2.95. The maximum absolute atomic E-state index is 5.93. The Morgan fingerprint density at radius 3 is 2.56 bits per heavy atom. The molecule has 0 heterocycles. The molecule has 1 heteroatoms. The van der Waals surface area contributed by atoms with Crippen molar-refractivity contribution in [2.75, 3.05) is 0 Å². The van der Waals surface area contributed by atoms with E-state index in [0.29, 0.717) is 5.38 Å². The topological polar surface area (TPSA) is 0 Å². The zero-order valence-corrected chi connectivity index (χ0v) is 6.95. The molecule has 0 saturated carbocycles. The Bertz CT molecular complexity index is 52.5. The molecule has 9 heavy (non-hydrogen) atoms. The molecule has 1 radical (unpaired) electrons. The van der Waals surface area contributed by atoms with Crippen LogP contribution in [-0.2, 0) is 0 Å². The van der Waals surface area contributed by atoms with Gasteiger partial charge in [-0.25, -0.2) is 0 Å². The third-order valence-corrected chi connectivity index (χ3v) is 1.81. The third kappa shape index (κ3) is 6.17. The highest BCUT2D eigenvalue weighted by Crippen LogP contribution is 2.12. The summed E-state index contributed by atoms with van der Waals surface area (Å²) >= 11 is 5.93. The van der Waals surface area contributed by atoms with Crippen molar-refractivity contribution in [3.8, 4) is 0 Å². The van der Waals surface area contributed by atoms with E-state index in [1.807, 2.05) is 0 Å². The standard InChI is InChI=1S/C8H16Cl/c1-3-5-7-8(9)6-4-2/h8H,1,3-7H2,2H3. The minimum absolute atomic E-state index is 0.400. The van der Waals surface area contributed by atoms with E-state index in [1.54, 1.807) is 0 Å². The summed E-state index contributed by atoms with van der Waals surface area (Å²) in [5.41, 5.74) is 0. The van der Waals surface area contributed by atoms with Gasteiger partial charge in [-0.3, -0.25) is 0 Å². The lowest BCUT2D eigenvalue weighted by molar-refractivity contribution is 0.645. The van der Waals surface area contributed by atoms with Gasteiger partial charge in [0.1, 0.15) is 0 Å². The molecule has 0 aromatic heterocycles. The number of halogens is 1. The second-order valence-electron chi connectivity index (χ2n) is 2.38. The SMILES string of the molecule is [CH2]CCCC(Cl)CCC. The lowest BCUT2D eigenvalue weighted by atomic mass is 10.1. The second kappa shape index (κ2) is 6.41. The van der Waals surface area contributed by atoms with E-state index in [-0.39, 0.29) is 0 Å². The molecule has 1 unspecified atom stereocenters. The Morgan fingerprint density at radius 1 is 1.44 bits per heavy atom. The largest absolute Gasteiger partial charge is 0.123 e. The van der Waals surface area contributed by atoms with Crippen LogP contribution >= 0.6 is 11.6 Å². The molecule has 0 aliphatic heterocycles. The molecule has 0 bridgehead atoms. The summed E-state index contributed by atoms with van der Waals surface area (Å²) in [5.74, 6) is 0. The van der Waals surface area contributed by atoms with Crippen LogP contribution in [0.1, 0.15) is 39.0 Å². The first-order valence-corrected chi connectivity index (χ1v) is 4.18. The Labute approximate surface area is 63.6 Å². The van der Waals surface area contributed by atoms with Gasteiger partial charge in [-0.2, -0.15) is 0 Å². The molecule has 55 valence electrons. The Hall–Kier alpha value is 0.290. The summed E-state index contributed by atoms with van der Waals surface area (Å²) in [6, 6.07) is 0. The predicted octanol–water partition coefficient (Wildman–Crippen LogP) is 3.40. The van der Waals surface area contributed by atoms with E-state index in [4.69, 9.17) is 11.6 Å². The average Bonchev–Trinajstić information content (AvgIpc) is 1.85. The van der Waals surface area contributed by atoms with Gasteiger partial charge in [-0.1, -0.05) is 33.1 Å². The summed E-state index contributed by atoms with van der Waals surface area (Å²) in [5, 5.41) is 0.400. The summed E-state index contributed by atoms with van der Waals surface area (Å²) in [4.78, 5) is 0. The van der Waals surface area contributed by atoms with Crippen molar-refractivity contribution in [3.63, 3.8) is 0 Å². The molecule has 0 N–H and O–H groups in total. The monoisotopic (exact) mass is 147 g/mol. The number of rotatable bonds is 5. The van der Waals surface area contributed by atoms with Gasteiger partial charge < -0.3 is 0 Å². The number of hydrogen-bond donors (Lipinski definition) is 0. The molecule has 0 spiro atoms. The van der Waals surface area contributed by atoms with E-state index in [2.05, 4.69) is 13.8 Å². The van der Waals surface area contributed by atoms with Crippen LogP contribution in [0.15, 0.2) is 0 Å². The van der Waals surface area contributed by atoms with Crippen LogP contribution in [0.25, 0.3) is 0 Å². The molecular weight excluding hydrogens is 132 g/mol. The van der Waals surface area contributed by atoms with E-state index in [9.17, 15) is 0 Å². The van der Waals surface area contributed by atoms with Crippen LogP contribution < -0.4 is 0 Å². The molecule has 0 rings (SSSR count). The van der Waals surface area contributed by atoms with E-state index < -0.39 is 0 Å². The van der Waals surface area contributed by atoms with Gasteiger partial charge in [-0.15, -0.1) is 11.6 Å². The zero-order valence-electron chi connectivity index (χ0n) is 6.20. The molecule has 0 aromatic rings. The third-order valence-electron chi connectivity index (χ3n) is 1.37. The molecule has 1 atom stereocenters. The highest BCUT2D eigenvalue weighted by molar-refractivity contribution is 6.20. The fourth-order valence-corrected chi connectivity index (χ4v) is 1.20. The maximum atomic E-state index is 5.93. The molecule has 0 aliphatic rings. The Morgan fingerprint density at radius 2 is 2.11 bits per heavy atom. The normalized spacial score (nSPS) is 13.7. The fraction of sp³-hybridized carbons (Fsp3) is 0.875. The highest BCUT2D eigenvalue weighted by Gasteiger charge is 1.99. The van der Waals surface area contributed by atoms with Gasteiger partial charge in [0.25, 0.3) is 0 Å². The van der Waals surface area contributed by atoms with Crippen molar-refractivity contribution >= 4 is 11.6 Å². The number of alkyl halides is 1. The minimum Gasteiger partial charge on any atom is -0.123 e. The van der Waals surface area contributed by atoms with Crippen LogP contribution in [0.5, 0.6) is 0 Å². The van der Waals surface area contributed by atoms with Gasteiger partial charge in [0, 0.05) is 5.38 Å².